The molecule has 0 spiro atoms. The molecule has 112 heavy (non-hydrogen) atoms. The van der Waals surface area contributed by atoms with Crippen molar-refractivity contribution in [1.29, 1.82) is 0 Å². The molecule has 0 aliphatic carbocycles. The summed E-state index contributed by atoms with van der Waals surface area (Å²) in [4.78, 5) is 0. The zero-order valence-electron chi connectivity index (χ0n) is 59.9. The Kier molecular flexibility index (Phi) is 21.8. The van der Waals surface area contributed by atoms with Gasteiger partial charge in [-0.15, -0.1) is 0 Å². The van der Waals surface area contributed by atoms with Crippen molar-refractivity contribution in [2.45, 2.75) is 0 Å². The summed E-state index contributed by atoms with van der Waals surface area (Å²) < 4.78 is 6.98. The van der Waals surface area contributed by atoms with Crippen LogP contribution in [0.3, 0.4) is 0 Å². The van der Waals surface area contributed by atoms with E-state index in [9.17, 15) is 10.0 Å². The first-order valence-corrected chi connectivity index (χ1v) is 41.6. The molecule has 0 aliphatic heterocycles. The fourth-order valence-electron chi connectivity index (χ4n) is 15.9. The summed E-state index contributed by atoms with van der Waals surface area (Å²) in [7, 11) is -2.82. The van der Waals surface area contributed by atoms with Gasteiger partial charge in [-0.05, 0) is 256 Å². The second kappa shape index (κ2) is 32.7. The van der Waals surface area contributed by atoms with Crippen molar-refractivity contribution < 1.29 is 20.1 Å². The molecule has 0 atom stereocenters. The zero-order valence-corrected chi connectivity index (χ0v) is 69.9. The van der Waals surface area contributed by atoms with E-state index in [0.717, 1.165) is 43.9 Å². The third kappa shape index (κ3) is 14.8. The number of rotatable bonds is 6. The molecule has 4 nitrogen and oxygen atoms in total. The third-order valence-corrected chi connectivity index (χ3v) is 24.8. The van der Waals surface area contributed by atoms with Gasteiger partial charge in [0.25, 0.3) is 0 Å². The average Bonchev–Trinajstić information content (AvgIpc) is 0.751. The van der Waals surface area contributed by atoms with Gasteiger partial charge >= 0.3 is 14.2 Å². The minimum Gasteiger partial charge on any atom is -0.423 e. The summed E-state index contributed by atoms with van der Waals surface area (Å²) in [6.45, 7) is 0. The fraction of sp³-hybridized carbons (Fsp3) is 0. The summed E-state index contributed by atoms with van der Waals surface area (Å²) in [6, 6.07) is 127. The lowest BCUT2D eigenvalue weighted by molar-refractivity contribution is 0.424. The van der Waals surface area contributed by atoms with Gasteiger partial charge in [0.1, 0.15) is 0 Å². The zero-order chi connectivity index (χ0) is 76.7. The molecule has 0 unspecified atom stereocenters. The van der Waals surface area contributed by atoms with Gasteiger partial charge in [0.05, 0.1) is 0 Å². The molecule has 12 heteroatoms. The molecule has 0 radical (unpaired) electrons. The topological polar surface area (TPSA) is 80.9 Å². The Bertz CT molecular complexity index is 7070. The van der Waals surface area contributed by atoms with Crippen LogP contribution in [0.15, 0.2) is 386 Å². The van der Waals surface area contributed by atoms with Crippen LogP contribution in [-0.4, -0.2) is 34.3 Å². The van der Waals surface area contributed by atoms with Crippen LogP contribution < -0.4 is 10.9 Å². The summed E-state index contributed by atoms with van der Waals surface area (Å²) in [5.41, 5.74) is 11.1. The minimum absolute atomic E-state index is 0.525. The Morgan fingerprint density at radius 3 is 0.768 bits per heavy atom. The highest BCUT2D eigenvalue weighted by Gasteiger charge is 2.21. The summed E-state index contributed by atoms with van der Waals surface area (Å²) in [6.07, 6.45) is 0. The number of halogens is 6. The van der Waals surface area contributed by atoms with Gasteiger partial charge in [-0.25, -0.2) is 0 Å². The minimum atomic E-state index is -1.47. The molecule has 0 aliphatic rings. The van der Waals surface area contributed by atoms with Crippen molar-refractivity contribution in [3.05, 3.63) is 390 Å². The van der Waals surface area contributed by atoms with Gasteiger partial charge < -0.3 is 20.1 Å². The van der Waals surface area contributed by atoms with Crippen LogP contribution in [0.25, 0.3) is 174 Å². The quantitative estimate of drug-likeness (QED) is 0.0760. The molecule has 4 N–H and O–H groups in total. The van der Waals surface area contributed by atoms with Crippen molar-refractivity contribution in [1.82, 2.24) is 0 Å². The number of hydrogen-bond acceptors (Lipinski definition) is 4. The molecule has 0 fully saturated rings. The summed E-state index contributed by atoms with van der Waals surface area (Å²) in [5, 5.41) is 67.0. The molecule has 22 rings (SSSR count). The second-order valence-corrected chi connectivity index (χ2v) is 33.3. The summed E-state index contributed by atoms with van der Waals surface area (Å²) >= 11 is 20.3. The maximum Gasteiger partial charge on any atom is 0.489 e. The Morgan fingerprint density at radius 1 is 0.205 bits per heavy atom. The van der Waals surface area contributed by atoms with Crippen LogP contribution in [0.2, 0.25) is 0 Å². The number of hydrogen-bond donors (Lipinski definition) is 4. The van der Waals surface area contributed by atoms with Gasteiger partial charge in [0.2, 0.25) is 0 Å². The van der Waals surface area contributed by atoms with Crippen molar-refractivity contribution in [2.75, 3.05) is 0 Å². The van der Waals surface area contributed by atoms with Crippen molar-refractivity contribution >= 4 is 257 Å². The van der Waals surface area contributed by atoms with Crippen LogP contribution in [0, 0.1) is 3.57 Å². The Hall–Kier alpha value is -9.90. The van der Waals surface area contributed by atoms with E-state index < -0.39 is 14.2 Å². The van der Waals surface area contributed by atoms with Crippen LogP contribution >= 0.6 is 102 Å². The highest BCUT2D eigenvalue weighted by molar-refractivity contribution is 14.1. The highest BCUT2D eigenvalue weighted by Crippen LogP contribution is 2.46. The normalized spacial score (nSPS) is 11.3. The molecule has 0 heterocycles. The SMILES string of the molecule is Brc1ccc2ccc3c(-c4ccccc4)ccc4ccc1c2c43.Brc1ccc2ccc3c(Br)ccc4ccc1c2c43.Brc1cccc(-c2ccc3ccc4c(-c5ccccc5)ccc5ccc2c3c54)c1.Brc1cccc(I)c1.OB(O)c1ccc2ccc3c(-c4ccccc4)ccc4ccc1c2c43.OB(O)c1ccccc1. The van der Waals surface area contributed by atoms with E-state index in [1.54, 1.807) is 30.3 Å². The molecule has 0 bridgehead atoms. The largest absolute Gasteiger partial charge is 0.489 e. The first-order chi connectivity index (χ1) is 54.7. The summed E-state index contributed by atoms with van der Waals surface area (Å²) in [5.74, 6) is 0. The van der Waals surface area contributed by atoms with Crippen LogP contribution in [-0.2, 0) is 0 Å². The van der Waals surface area contributed by atoms with Crippen LogP contribution in [0.4, 0.5) is 0 Å². The maximum atomic E-state index is 9.74. The monoisotopic (exact) mass is 1870 g/mol. The fourth-order valence-corrected chi connectivity index (χ4v) is 19.1. The van der Waals surface area contributed by atoms with Crippen molar-refractivity contribution in [3.8, 4) is 44.5 Å². The molecule has 0 saturated heterocycles. The van der Waals surface area contributed by atoms with E-state index in [2.05, 4.69) is 387 Å². The van der Waals surface area contributed by atoms with E-state index in [1.165, 1.54) is 156 Å². The van der Waals surface area contributed by atoms with Crippen molar-refractivity contribution in [2.24, 2.45) is 0 Å². The van der Waals surface area contributed by atoms with Gasteiger partial charge in [0, 0.05) is 25.9 Å². The molecular formula is C100H64B2Br5IO4. The van der Waals surface area contributed by atoms with Crippen molar-refractivity contribution in [3.63, 3.8) is 0 Å². The van der Waals surface area contributed by atoms with Crippen LogP contribution in [0.5, 0.6) is 0 Å². The highest BCUT2D eigenvalue weighted by atomic mass is 127. The van der Waals surface area contributed by atoms with E-state index in [1.807, 2.05) is 48.5 Å². The van der Waals surface area contributed by atoms with E-state index in [-0.39, 0.29) is 0 Å². The Labute approximate surface area is 704 Å². The van der Waals surface area contributed by atoms with Gasteiger partial charge in [-0.3, -0.25) is 0 Å². The maximum absolute atomic E-state index is 9.74. The second-order valence-electron chi connectivity index (χ2n) is 27.6. The van der Waals surface area contributed by atoms with E-state index in [4.69, 9.17) is 10.0 Å². The predicted octanol–water partition coefficient (Wildman–Crippen LogP) is 28.2. The first kappa shape index (κ1) is 74.8. The lowest BCUT2D eigenvalue weighted by atomic mass is 9.75. The van der Waals surface area contributed by atoms with E-state index >= 15 is 0 Å². The molecule has 536 valence electrons. The van der Waals surface area contributed by atoms with Gasteiger partial charge in [-0.1, -0.05) is 395 Å². The predicted molar refractivity (Wildman–Crippen MR) is 506 cm³/mol. The molecule has 0 saturated carbocycles. The Morgan fingerprint density at radius 2 is 0.464 bits per heavy atom. The molecule has 0 amide bonds. The van der Waals surface area contributed by atoms with Gasteiger partial charge in [0.15, 0.2) is 0 Å². The van der Waals surface area contributed by atoms with E-state index in [0.29, 0.717) is 10.9 Å². The molecule has 22 aromatic carbocycles. The molecule has 0 aromatic heterocycles. The lowest BCUT2D eigenvalue weighted by Crippen LogP contribution is -2.30. The Balaban J connectivity index is 0.000000102. The number of benzene rings is 22. The molecular weight excluding hydrogens is 1810 g/mol. The lowest BCUT2D eigenvalue weighted by Gasteiger charge is -2.16. The van der Waals surface area contributed by atoms with Gasteiger partial charge in [-0.2, -0.15) is 0 Å². The first-order valence-electron chi connectivity index (χ1n) is 36.6. The smallest absolute Gasteiger partial charge is 0.423 e. The average molecular weight is 1880 g/mol. The van der Waals surface area contributed by atoms with Crippen LogP contribution in [0.1, 0.15) is 0 Å². The molecule has 22 aromatic rings. The third-order valence-electron chi connectivity index (χ3n) is 21.1. The standard InChI is InChI=1S/C28H17Br.C22H15BO2.C22H13Br.C16H8Br2.C6H7BO2.C6H4BrI/c29-22-8-4-7-21(17-22)24-14-10-20-11-15-25-23(18-5-2-1-3-6-18)13-9-19-12-16-26(24)28(20)27(19)25;24-23(25)20-13-9-16-7-11-18-17(14-4-2-1-3-5-14)10-6-15-8-12-19(20)22(16)21(15)18;23-20-13-9-16-7-11-18-17(14-4-2-1-3-5-14)10-6-15-8-12-19(20)22(16)21(15)18;17-13-8-4-10-2-6-12-14(18)7-3-9-1-5-11(13)16(10)15(9)12;8-7(9)6-4-2-1-3-5-6;7-5-2-1-3-6(8)4-5/h1-17H;1-13,24-25H;1-13H;1-8H;1-5,8-9H;1-4H.